The molecule has 0 radical (unpaired) electrons. The Morgan fingerprint density at radius 3 is 2.26 bits per heavy atom. The lowest BCUT2D eigenvalue weighted by Gasteiger charge is -2.04. The van der Waals surface area contributed by atoms with Crippen molar-refractivity contribution in [3.63, 3.8) is 0 Å². The Balaban J connectivity index is 1.78. The van der Waals surface area contributed by atoms with E-state index < -0.39 is 17.4 Å². The van der Waals surface area contributed by atoms with E-state index in [0.717, 1.165) is 10.1 Å². The summed E-state index contributed by atoms with van der Waals surface area (Å²) >= 11 is 0. The molecule has 5 nitrogen and oxygen atoms in total. The minimum atomic E-state index is -0.505. The topological polar surface area (TPSA) is 53.2 Å². The highest BCUT2D eigenvalue weighted by Crippen LogP contribution is 2.21. The van der Waals surface area contributed by atoms with Gasteiger partial charge in [0.1, 0.15) is 11.6 Å². The van der Waals surface area contributed by atoms with Crippen LogP contribution >= 0.6 is 0 Å². The van der Waals surface area contributed by atoms with Crippen LogP contribution in [0, 0.1) is 5.82 Å². The van der Waals surface area contributed by atoms with Crippen molar-refractivity contribution in [2.24, 2.45) is 0 Å². The second-order valence-electron chi connectivity index (χ2n) is 6.79. The molecule has 0 aliphatic rings. The van der Waals surface area contributed by atoms with E-state index in [1.54, 1.807) is 55.8 Å². The van der Waals surface area contributed by atoms with Gasteiger partial charge in [-0.15, -0.1) is 0 Å². The second kappa shape index (κ2) is 8.67. The van der Waals surface area contributed by atoms with Gasteiger partial charge in [-0.3, -0.25) is 9.36 Å². The summed E-state index contributed by atoms with van der Waals surface area (Å²) < 4.78 is 21.0. The number of rotatable bonds is 5. The molecule has 0 bridgehead atoms. The number of hydrogen-bond donors (Lipinski definition) is 0. The van der Waals surface area contributed by atoms with Gasteiger partial charge >= 0.3 is 5.69 Å². The van der Waals surface area contributed by atoms with E-state index in [1.807, 2.05) is 18.2 Å². The van der Waals surface area contributed by atoms with Crippen molar-refractivity contribution in [2.45, 2.75) is 0 Å². The monoisotopic (exact) mass is 414 g/mol. The third kappa shape index (κ3) is 4.23. The molecule has 31 heavy (non-hydrogen) atoms. The van der Waals surface area contributed by atoms with E-state index in [9.17, 15) is 14.0 Å². The van der Waals surface area contributed by atoms with Crippen LogP contribution in [-0.2, 0) is 0 Å². The zero-order chi connectivity index (χ0) is 21.8. The summed E-state index contributed by atoms with van der Waals surface area (Å²) in [4.78, 5) is 26.2. The summed E-state index contributed by atoms with van der Waals surface area (Å²) in [6, 6.07) is 21.9. The fraction of sp³-hybridized carbons (Fsp3) is 0.0400. The fourth-order valence-corrected chi connectivity index (χ4v) is 3.21. The van der Waals surface area contributed by atoms with Gasteiger partial charge in [0.25, 0.3) is 5.91 Å². The molecule has 1 aromatic heterocycles. The first-order valence-corrected chi connectivity index (χ1v) is 9.59. The van der Waals surface area contributed by atoms with Crippen molar-refractivity contribution in [1.82, 2.24) is 9.13 Å². The van der Waals surface area contributed by atoms with Crippen LogP contribution in [0.2, 0.25) is 0 Å². The summed E-state index contributed by atoms with van der Waals surface area (Å²) in [5.41, 5.74) is 1.84. The molecule has 0 fully saturated rings. The van der Waals surface area contributed by atoms with Gasteiger partial charge in [-0.1, -0.05) is 30.3 Å². The normalized spacial score (nSPS) is 11.0. The third-order valence-electron chi connectivity index (χ3n) is 4.82. The highest BCUT2D eigenvalue weighted by atomic mass is 19.1. The lowest BCUT2D eigenvalue weighted by atomic mass is 10.1. The van der Waals surface area contributed by atoms with Gasteiger partial charge in [0.2, 0.25) is 0 Å². The highest BCUT2D eigenvalue weighted by molar-refractivity contribution is 5.96. The molecule has 0 unspecified atom stereocenters. The number of aromatic nitrogens is 2. The molecule has 0 spiro atoms. The van der Waals surface area contributed by atoms with E-state index in [-0.39, 0.29) is 0 Å². The zero-order valence-electron chi connectivity index (χ0n) is 16.7. The Morgan fingerprint density at radius 2 is 1.61 bits per heavy atom. The summed E-state index contributed by atoms with van der Waals surface area (Å²) in [5.74, 6) is -0.195. The van der Waals surface area contributed by atoms with Crippen molar-refractivity contribution < 1.29 is 13.9 Å². The van der Waals surface area contributed by atoms with Crippen molar-refractivity contribution in [3.05, 3.63) is 113 Å². The van der Waals surface area contributed by atoms with Crippen molar-refractivity contribution >= 4 is 12.0 Å². The lowest BCUT2D eigenvalue weighted by Crippen LogP contribution is -2.27. The number of ether oxygens (including phenoxy) is 1. The van der Waals surface area contributed by atoms with Gasteiger partial charge in [-0.05, 0) is 60.2 Å². The van der Waals surface area contributed by atoms with Crippen LogP contribution in [0.5, 0.6) is 5.75 Å². The lowest BCUT2D eigenvalue weighted by molar-refractivity contribution is 0.0967. The maximum atomic E-state index is 13.4. The average molecular weight is 414 g/mol. The molecule has 0 aliphatic heterocycles. The number of para-hydroxylation sites is 1. The Bertz CT molecular complexity index is 1290. The second-order valence-corrected chi connectivity index (χ2v) is 6.79. The van der Waals surface area contributed by atoms with Gasteiger partial charge < -0.3 is 4.74 Å². The van der Waals surface area contributed by atoms with E-state index in [0.29, 0.717) is 22.7 Å². The molecule has 6 heteroatoms. The van der Waals surface area contributed by atoms with Crippen molar-refractivity contribution in [2.75, 3.05) is 7.11 Å². The molecule has 1 heterocycles. The Hall–Kier alpha value is -4.19. The third-order valence-corrected chi connectivity index (χ3v) is 4.82. The fourth-order valence-electron chi connectivity index (χ4n) is 3.21. The predicted molar refractivity (Wildman–Crippen MR) is 118 cm³/mol. The molecule has 0 atom stereocenters. The van der Waals surface area contributed by atoms with Gasteiger partial charge in [-0.25, -0.2) is 13.8 Å². The number of carbonyl (C=O) groups excluding carboxylic acids is 1. The number of imidazole rings is 1. The number of benzene rings is 3. The molecule has 0 amide bonds. The standard InChI is InChI=1S/C25H19FN2O3/c1-31-22-14-7-18(8-15-22)9-16-24(29)28-23(19-10-12-20(26)13-11-19)17-27(25(28)30)21-5-3-2-4-6-21/h2-17H,1H3. The Labute approximate surface area is 178 Å². The number of carbonyl (C=O) groups is 1. The molecule has 4 aromatic rings. The van der Waals surface area contributed by atoms with Crippen LogP contribution in [0.4, 0.5) is 4.39 Å². The molecule has 0 saturated heterocycles. The molecular formula is C25H19FN2O3. The largest absolute Gasteiger partial charge is 0.497 e. The van der Waals surface area contributed by atoms with Crippen LogP contribution in [0.1, 0.15) is 10.4 Å². The maximum absolute atomic E-state index is 13.4. The first-order chi connectivity index (χ1) is 15.1. The van der Waals surface area contributed by atoms with Crippen molar-refractivity contribution in [3.8, 4) is 22.7 Å². The minimum Gasteiger partial charge on any atom is -0.497 e. The van der Waals surface area contributed by atoms with E-state index in [2.05, 4.69) is 0 Å². The van der Waals surface area contributed by atoms with Crippen LogP contribution < -0.4 is 10.4 Å². The van der Waals surface area contributed by atoms with Gasteiger partial charge in [0.05, 0.1) is 18.5 Å². The molecule has 0 saturated carbocycles. The van der Waals surface area contributed by atoms with E-state index in [1.165, 1.54) is 34.9 Å². The number of hydrogen-bond acceptors (Lipinski definition) is 3. The molecule has 4 rings (SSSR count). The minimum absolute atomic E-state index is 0.373. The Kier molecular flexibility index (Phi) is 5.62. The molecule has 3 aromatic carbocycles. The van der Waals surface area contributed by atoms with Crippen LogP contribution in [0.15, 0.2) is 95.9 Å². The molecule has 0 N–H and O–H groups in total. The summed E-state index contributed by atoms with van der Waals surface area (Å²) in [6.45, 7) is 0. The first-order valence-electron chi connectivity index (χ1n) is 9.59. The predicted octanol–water partition coefficient (Wildman–Crippen LogP) is 4.81. The highest BCUT2D eigenvalue weighted by Gasteiger charge is 2.18. The quantitative estimate of drug-likeness (QED) is 0.441. The number of nitrogens with zero attached hydrogens (tertiary/aromatic N) is 2. The maximum Gasteiger partial charge on any atom is 0.340 e. The molecule has 0 aliphatic carbocycles. The molecular weight excluding hydrogens is 395 g/mol. The zero-order valence-corrected chi connectivity index (χ0v) is 16.7. The SMILES string of the molecule is COc1ccc(C=CC(=O)n2c(-c3ccc(F)cc3)cn(-c3ccccc3)c2=O)cc1. The average Bonchev–Trinajstić information content (AvgIpc) is 3.16. The van der Waals surface area contributed by atoms with Crippen LogP contribution in [-0.4, -0.2) is 22.2 Å². The Morgan fingerprint density at radius 1 is 0.935 bits per heavy atom. The van der Waals surface area contributed by atoms with Crippen LogP contribution in [0.25, 0.3) is 23.0 Å². The number of halogens is 1. The summed E-state index contributed by atoms with van der Waals surface area (Å²) in [6.07, 6.45) is 4.55. The summed E-state index contributed by atoms with van der Waals surface area (Å²) in [5, 5.41) is 0. The summed E-state index contributed by atoms with van der Waals surface area (Å²) in [7, 11) is 1.58. The van der Waals surface area contributed by atoms with Crippen molar-refractivity contribution in [1.29, 1.82) is 0 Å². The number of methoxy groups -OCH3 is 1. The van der Waals surface area contributed by atoms with E-state index >= 15 is 0 Å². The first kappa shape index (κ1) is 20.1. The van der Waals surface area contributed by atoms with Crippen LogP contribution in [0.3, 0.4) is 0 Å². The van der Waals surface area contributed by atoms with E-state index in [4.69, 9.17) is 4.74 Å². The van der Waals surface area contributed by atoms with Gasteiger partial charge in [0, 0.05) is 17.8 Å². The van der Waals surface area contributed by atoms with Gasteiger partial charge in [-0.2, -0.15) is 0 Å². The smallest absolute Gasteiger partial charge is 0.340 e. The molecule has 154 valence electrons. The van der Waals surface area contributed by atoms with Gasteiger partial charge in [0.15, 0.2) is 0 Å². The number of allylic oxidation sites excluding steroid dienone is 1.